The van der Waals surface area contributed by atoms with Crippen molar-refractivity contribution in [3.63, 3.8) is 0 Å². The zero-order valence-electron chi connectivity index (χ0n) is 12.8. The number of ether oxygens (including phenoxy) is 4. The van der Waals surface area contributed by atoms with Crippen LogP contribution >= 0.6 is 0 Å². The Kier molecular flexibility index (Phi) is 6.95. The summed E-state index contributed by atoms with van der Waals surface area (Å²) in [5.74, 6) is -12.8. The van der Waals surface area contributed by atoms with Crippen LogP contribution in [-0.4, -0.2) is 56.2 Å². The third kappa shape index (κ3) is 5.91. The molecule has 0 bridgehead atoms. The van der Waals surface area contributed by atoms with E-state index in [2.05, 4.69) is 14.2 Å². The summed E-state index contributed by atoms with van der Waals surface area (Å²) in [7, 11) is 0.535. The average molecular weight is 436 g/mol. The summed E-state index contributed by atoms with van der Waals surface area (Å²) in [5, 5.41) is 0. The van der Waals surface area contributed by atoms with Crippen LogP contribution in [0.5, 0.6) is 0 Å². The zero-order chi connectivity index (χ0) is 22.1. The summed E-state index contributed by atoms with van der Waals surface area (Å²) in [5.41, 5.74) is 0. The van der Waals surface area contributed by atoms with Crippen LogP contribution in [0.2, 0.25) is 0 Å². The number of alkyl halides is 12. The standard InChI is InChI=1S/C10H8F12O5/c1-5(11,12)9(19,20)27-7(15,8(16,17)18)10(21,22)26-6(13,14)3-25-4(23)24-2/h3H2,1-2H3. The lowest BCUT2D eigenvalue weighted by Gasteiger charge is -2.38. The van der Waals surface area contributed by atoms with Gasteiger partial charge >= 0.3 is 42.4 Å². The van der Waals surface area contributed by atoms with Crippen molar-refractivity contribution in [2.24, 2.45) is 0 Å². The predicted molar refractivity (Wildman–Crippen MR) is 55.9 cm³/mol. The first-order chi connectivity index (χ1) is 11.6. The molecule has 1 unspecified atom stereocenters. The third-order valence-electron chi connectivity index (χ3n) is 2.32. The van der Waals surface area contributed by atoms with Gasteiger partial charge in [0.2, 0.25) is 0 Å². The van der Waals surface area contributed by atoms with Gasteiger partial charge in [0.05, 0.1) is 7.11 Å². The molecule has 162 valence electrons. The van der Waals surface area contributed by atoms with E-state index in [1.807, 2.05) is 4.74 Å². The van der Waals surface area contributed by atoms with Crippen LogP contribution in [0.3, 0.4) is 0 Å². The van der Waals surface area contributed by atoms with Crippen LogP contribution in [-0.2, 0) is 18.9 Å². The molecule has 0 aromatic heterocycles. The van der Waals surface area contributed by atoms with Crippen LogP contribution in [0.1, 0.15) is 6.92 Å². The molecule has 0 saturated carbocycles. The van der Waals surface area contributed by atoms with Gasteiger partial charge in [-0.3, -0.25) is 4.74 Å². The van der Waals surface area contributed by atoms with E-state index in [1.165, 1.54) is 0 Å². The summed E-state index contributed by atoms with van der Waals surface area (Å²) in [6.45, 7) is -3.43. The second kappa shape index (κ2) is 7.40. The molecule has 0 heterocycles. The number of rotatable bonds is 8. The van der Waals surface area contributed by atoms with Crippen molar-refractivity contribution in [2.45, 2.75) is 43.2 Å². The number of carbonyl (C=O) groups is 1. The zero-order valence-corrected chi connectivity index (χ0v) is 12.8. The molecule has 0 N–H and O–H groups in total. The van der Waals surface area contributed by atoms with Gasteiger partial charge in [0.15, 0.2) is 6.61 Å². The molecule has 0 aromatic rings. The molecule has 5 nitrogen and oxygen atoms in total. The van der Waals surface area contributed by atoms with Gasteiger partial charge in [0.25, 0.3) is 0 Å². The van der Waals surface area contributed by atoms with Crippen molar-refractivity contribution in [1.29, 1.82) is 0 Å². The van der Waals surface area contributed by atoms with Gasteiger partial charge < -0.3 is 9.47 Å². The van der Waals surface area contributed by atoms with Gasteiger partial charge in [0.1, 0.15) is 0 Å². The third-order valence-corrected chi connectivity index (χ3v) is 2.32. The first kappa shape index (κ1) is 25.3. The highest BCUT2D eigenvalue weighted by Gasteiger charge is 2.80. The Morgan fingerprint density at radius 2 is 1.22 bits per heavy atom. The van der Waals surface area contributed by atoms with Crippen molar-refractivity contribution < 1.29 is 76.4 Å². The van der Waals surface area contributed by atoms with Crippen molar-refractivity contribution in [3.05, 3.63) is 0 Å². The molecule has 17 heteroatoms. The lowest BCUT2D eigenvalue weighted by atomic mass is 10.2. The van der Waals surface area contributed by atoms with Crippen LogP contribution < -0.4 is 0 Å². The first-order valence-corrected chi connectivity index (χ1v) is 6.00. The summed E-state index contributed by atoms with van der Waals surface area (Å²) in [6.07, 6.45) is -28.4. The molecular formula is C10H8F12O5. The van der Waals surface area contributed by atoms with Crippen LogP contribution in [0.4, 0.5) is 57.5 Å². The Bertz CT molecular complexity index is 528. The number of hydrogen-bond acceptors (Lipinski definition) is 5. The number of methoxy groups -OCH3 is 1. The molecule has 0 spiro atoms. The first-order valence-electron chi connectivity index (χ1n) is 6.00. The number of hydrogen-bond donors (Lipinski definition) is 0. The maximum atomic E-state index is 13.6. The largest absolute Gasteiger partial charge is 0.508 e. The molecular weight excluding hydrogens is 428 g/mol. The quantitative estimate of drug-likeness (QED) is 0.416. The second-order valence-corrected chi connectivity index (χ2v) is 4.60. The monoisotopic (exact) mass is 436 g/mol. The van der Waals surface area contributed by atoms with E-state index >= 15 is 0 Å². The summed E-state index contributed by atoms with van der Waals surface area (Å²) >= 11 is 0. The SMILES string of the molecule is COC(=O)OCC(F)(F)OC(F)(F)C(F)(OC(F)(F)C(C)(F)F)C(F)(F)F. The van der Waals surface area contributed by atoms with E-state index in [0.717, 1.165) is 0 Å². The van der Waals surface area contributed by atoms with E-state index in [-0.39, 0.29) is 0 Å². The normalized spacial score (nSPS) is 16.7. The number of carbonyl (C=O) groups excluding carboxylic acids is 1. The fourth-order valence-electron chi connectivity index (χ4n) is 1.03. The molecule has 0 amide bonds. The Morgan fingerprint density at radius 3 is 1.56 bits per heavy atom. The fraction of sp³-hybridized carbons (Fsp3) is 0.900. The summed E-state index contributed by atoms with van der Waals surface area (Å²) in [4.78, 5) is 10.4. The number of halogens is 12. The van der Waals surface area contributed by atoms with E-state index < -0.39 is 56.0 Å². The highest BCUT2D eigenvalue weighted by atomic mass is 19.4. The molecule has 0 aliphatic heterocycles. The van der Waals surface area contributed by atoms with E-state index in [4.69, 9.17) is 0 Å². The molecule has 0 radical (unpaired) electrons. The molecule has 1 atom stereocenters. The van der Waals surface area contributed by atoms with Gasteiger partial charge in [0, 0.05) is 6.92 Å². The Labute approximate surface area is 141 Å². The summed E-state index contributed by atoms with van der Waals surface area (Å²) < 4.78 is 165. The molecule has 27 heavy (non-hydrogen) atoms. The van der Waals surface area contributed by atoms with Crippen LogP contribution in [0, 0.1) is 0 Å². The highest BCUT2D eigenvalue weighted by molar-refractivity contribution is 5.59. The predicted octanol–water partition coefficient (Wildman–Crippen LogP) is 4.46. The van der Waals surface area contributed by atoms with Gasteiger partial charge in [-0.1, -0.05) is 0 Å². The second-order valence-electron chi connectivity index (χ2n) is 4.60. The molecule has 0 saturated heterocycles. The lowest BCUT2D eigenvalue weighted by molar-refractivity contribution is -0.539. The van der Waals surface area contributed by atoms with Crippen LogP contribution in [0.25, 0.3) is 0 Å². The van der Waals surface area contributed by atoms with Gasteiger partial charge in [-0.25, -0.2) is 9.53 Å². The van der Waals surface area contributed by atoms with Crippen molar-refractivity contribution >= 4 is 6.16 Å². The Balaban J connectivity index is 5.83. The highest BCUT2D eigenvalue weighted by Crippen LogP contribution is 2.52. The molecule has 0 fully saturated rings. The van der Waals surface area contributed by atoms with Crippen LogP contribution in [0.15, 0.2) is 0 Å². The molecule has 0 aliphatic carbocycles. The minimum atomic E-state index is -7.27. The Morgan fingerprint density at radius 1 is 0.778 bits per heavy atom. The molecule has 0 aliphatic rings. The van der Waals surface area contributed by atoms with Gasteiger partial charge in [-0.15, -0.1) is 0 Å². The Hall–Kier alpha value is -1.65. The smallest absolute Gasteiger partial charge is 0.438 e. The van der Waals surface area contributed by atoms with E-state index in [9.17, 15) is 57.5 Å². The minimum absolute atomic E-state index is 0.535. The van der Waals surface area contributed by atoms with E-state index in [1.54, 1.807) is 0 Å². The minimum Gasteiger partial charge on any atom is -0.438 e. The molecule has 0 aromatic carbocycles. The summed E-state index contributed by atoms with van der Waals surface area (Å²) in [6, 6.07) is 0. The van der Waals surface area contributed by atoms with Gasteiger partial charge in [-0.05, 0) is 0 Å². The average Bonchev–Trinajstić information content (AvgIpc) is 2.40. The van der Waals surface area contributed by atoms with Crippen molar-refractivity contribution in [3.8, 4) is 0 Å². The topological polar surface area (TPSA) is 54.0 Å². The molecule has 0 rings (SSSR count). The van der Waals surface area contributed by atoms with Crippen molar-refractivity contribution in [2.75, 3.05) is 13.7 Å². The lowest BCUT2D eigenvalue weighted by Crippen LogP contribution is -2.64. The van der Waals surface area contributed by atoms with Crippen molar-refractivity contribution in [1.82, 2.24) is 0 Å². The maximum Gasteiger partial charge on any atom is 0.508 e. The van der Waals surface area contributed by atoms with Gasteiger partial charge in [-0.2, -0.15) is 52.7 Å². The van der Waals surface area contributed by atoms with E-state index in [0.29, 0.717) is 7.11 Å². The fourth-order valence-corrected chi connectivity index (χ4v) is 1.03. The maximum absolute atomic E-state index is 13.6.